The zero-order chi connectivity index (χ0) is 22.8. The summed E-state index contributed by atoms with van der Waals surface area (Å²) in [6, 6.07) is 4.59. The standard InChI is InChI=1S/C25H43NO4S.Na/c1-3-4-5-6-7-8-9-10-11-12-13-14-15-16-17-18-21-26-23-19-20-24(30-2)25(22-23)31(27,28)29;/h10-11,19-20,22,26H,3-9,12-18,21H2,1-2H3,(H,27,28,29);/q;+1/p-1. The third kappa shape index (κ3) is 15.3. The van der Waals surface area contributed by atoms with E-state index >= 15 is 0 Å². The summed E-state index contributed by atoms with van der Waals surface area (Å²) < 4.78 is 38.9. The number of rotatable bonds is 19. The molecule has 0 saturated carbocycles. The van der Waals surface area contributed by atoms with Crippen LogP contribution in [0.2, 0.25) is 0 Å². The third-order valence-electron chi connectivity index (χ3n) is 5.45. The SMILES string of the molecule is CCCCCCCCC=CCCCCCCCCNc1ccc(OC)c(S(=O)(=O)[O-])c1.[Na+]. The summed E-state index contributed by atoms with van der Waals surface area (Å²) in [5.74, 6) is 0.0813. The molecule has 0 fully saturated rings. The molecule has 5 nitrogen and oxygen atoms in total. The van der Waals surface area contributed by atoms with Gasteiger partial charge in [0.1, 0.15) is 15.9 Å². The molecule has 0 unspecified atom stereocenters. The summed E-state index contributed by atoms with van der Waals surface area (Å²) >= 11 is 0. The number of allylic oxidation sites excluding steroid dienone is 2. The fourth-order valence-corrected chi connectivity index (χ4v) is 4.26. The Bertz CT molecular complexity index is 723. The van der Waals surface area contributed by atoms with Gasteiger partial charge in [-0.15, -0.1) is 0 Å². The number of hydrogen-bond acceptors (Lipinski definition) is 5. The maximum atomic E-state index is 11.3. The van der Waals surface area contributed by atoms with Crippen LogP contribution in [0.25, 0.3) is 0 Å². The zero-order valence-corrected chi connectivity index (χ0v) is 23.4. The van der Waals surface area contributed by atoms with Crippen molar-refractivity contribution >= 4 is 15.8 Å². The Balaban J connectivity index is 0.00000961. The molecule has 1 aromatic rings. The van der Waals surface area contributed by atoms with Crippen LogP contribution in [0.4, 0.5) is 5.69 Å². The van der Waals surface area contributed by atoms with Crippen molar-refractivity contribution in [3.05, 3.63) is 30.4 Å². The Morgan fingerprint density at radius 3 is 1.94 bits per heavy atom. The van der Waals surface area contributed by atoms with Gasteiger partial charge in [-0.25, -0.2) is 8.42 Å². The molecule has 32 heavy (non-hydrogen) atoms. The molecule has 1 rings (SSSR count). The second-order valence-corrected chi connectivity index (χ2v) is 9.53. The van der Waals surface area contributed by atoms with Crippen LogP contribution in [0.3, 0.4) is 0 Å². The van der Waals surface area contributed by atoms with Crippen LogP contribution in [-0.2, 0) is 10.1 Å². The Hall–Kier alpha value is -0.530. The summed E-state index contributed by atoms with van der Waals surface area (Å²) in [5.41, 5.74) is 0.628. The quantitative estimate of drug-likeness (QED) is 0.141. The molecule has 0 atom stereocenters. The van der Waals surface area contributed by atoms with Crippen LogP contribution in [0, 0.1) is 0 Å². The second kappa shape index (κ2) is 19.9. The Morgan fingerprint density at radius 2 is 1.41 bits per heavy atom. The molecule has 1 N–H and O–H groups in total. The van der Waals surface area contributed by atoms with Crippen molar-refractivity contribution in [1.29, 1.82) is 0 Å². The third-order valence-corrected chi connectivity index (χ3v) is 6.31. The van der Waals surface area contributed by atoms with E-state index in [1.165, 1.54) is 96.3 Å². The number of ether oxygens (including phenoxy) is 1. The number of benzene rings is 1. The van der Waals surface area contributed by atoms with Gasteiger partial charge >= 0.3 is 29.6 Å². The molecule has 0 heterocycles. The van der Waals surface area contributed by atoms with Gasteiger partial charge in [0.25, 0.3) is 0 Å². The zero-order valence-electron chi connectivity index (χ0n) is 20.5. The van der Waals surface area contributed by atoms with E-state index < -0.39 is 10.1 Å². The van der Waals surface area contributed by atoms with Crippen molar-refractivity contribution in [3.8, 4) is 5.75 Å². The van der Waals surface area contributed by atoms with E-state index in [-0.39, 0.29) is 40.2 Å². The number of hydrogen-bond donors (Lipinski definition) is 1. The summed E-state index contributed by atoms with van der Waals surface area (Å²) in [6.45, 7) is 3.01. The van der Waals surface area contributed by atoms with Gasteiger partial charge in [0.15, 0.2) is 0 Å². The first kappa shape index (κ1) is 31.5. The molecule has 0 aliphatic rings. The molecule has 0 aliphatic heterocycles. The Kier molecular flexibility index (Phi) is 19.6. The molecule has 0 saturated heterocycles. The van der Waals surface area contributed by atoms with E-state index in [0.29, 0.717) is 5.69 Å². The molecule has 0 aliphatic carbocycles. The minimum atomic E-state index is -4.55. The summed E-state index contributed by atoms with van der Waals surface area (Å²) in [6.07, 6.45) is 22.5. The molecule has 0 bridgehead atoms. The van der Waals surface area contributed by atoms with Crippen molar-refractivity contribution in [2.75, 3.05) is 19.0 Å². The van der Waals surface area contributed by atoms with Crippen molar-refractivity contribution in [2.45, 2.75) is 102 Å². The van der Waals surface area contributed by atoms with Gasteiger partial charge in [0.2, 0.25) is 0 Å². The van der Waals surface area contributed by atoms with Gasteiger partial charge in [-0.3, -0.25) is 0 Å². The monoisotopic (exact) mass is 475 g/mol. The van der Waals surface area contributed by atoms with Crippen LogP contribution in [-0.4, -0.2) is 26.6 Å². The normalized spacial score (nSPS) is 11.5. The summed E-state index contributed by atoms with van der Waals surface area (Å²) in [7, 11) is -3.20. The van der Waals surface area contributed by atoms with Gasteiger partial charge in [0.05, 0.1) is 12.0 Å². The van der Waals surface area contributed by atoms with Gasteiger partial charge in [-0.2, -0.15) is 0 Å². The molecule has 0 aromatic heterocycles. The molecule has 0 radical (unpaired) electrons. The largest absolute Gasteiger partial charge is 1.00 e. The molecular formula is C25H42NNaO4S. The number of unbranched alkanes of at least 4 members (excludes halogenated alkanes) is 12. The Labute approximate surface area is 218 Å². The van der Waals surface area contributed by atoms with Crippen LogP contribution in [0.5, 0.6) is 5.75 Å². The van der Waals surface area contributed by atoms with Crippen LogP contribution in [0.1, 0.15) is 96.8 Å². The van der Waals surface area contributed by atoms with E-state index in [0.717, 1.165) is 19.4 Å². The van der Waals surface area contributed by atoms with Gasteiger partial charge in [0, 0.05) is 12.2 Å². The molecular weight excluding hydrogens is 433 g/mol. The molecule has 7 heteroatoms. The summed E-state index contributed by atoms with van der Waals surface area (Å²) in [5, 5.41) is 3.19. The molecule has 0 spiro atoms. The first-order valence-corrected chi connectivity index (χ1v) is 13.4. The number of nitrogens with one attached hydrogen (secondary N) is 1. The first-order chi connectivity index (χ1) is 15.0. The van der Waals surface area contributed by atoms with E-state index in [1.807, 2.05) is 0 Å². The van der Waals surface area contributed by atoms with Crippen LogP contribution in [0.15, 0.2) is 35.2 Å². The average molecular weight is 476 g/mol. The topological polar surface area (TPSA) is 78.5 Å². The van der Waals surface area contributed by atoms with E-state index in [2.05, 4.69) is 24.4 Å². The second-order valence-electron chi connectivity index (χ2n) is 8.18. The fraction of sp³-hybridized carbons (Fsp3) is 0.680. The van der Waals surface area contributed by atoms with Crippen LogP contribution < -0.4 is 39.6 Å². The summed E-state index contributed by atoms with van der Waals surface area (Å²) in [4.78, 5) is -0.318. The smallest absolute Gasteiger partial charge is 0.744 e. The van der Waals surface area contributed by atoms with Gasteiger partial charge in [-0.1, -0.05) is 76.9 Å². The van der Waals surface area contributed by atoms with Crippen molar-refractivity contribution in [1.82, 2.24) is 0 Å². The number of methoxy groups -OCH3 is 1. The van der Waals surface area contributed by atoms with E-state index in [1.54, 1.807) is 6.07 Å². The molecule has 178 valence electrons. The average Bonchev–Trinajstić information content (AvgIpc) is 2.75. The molecule has 1 aromatic carbocycles. The van der Waals surface area contributed by atoms with Crippen LogP contribution >= 0.6 is 0 Å². The maximum Gasteiger partial charge on any atom is 1.00 e. The fourth-order valence-electron chi connectivity index (χ4n) is 3.59. The van der Waals surface area contributed by atoms with E-state index in [9.17, 15) is 13.0 Å². The predicted octanol–water partition coefficient (Wildman–Crippen LogP) is 4.05. The van der Waals surface area contributed by atoms with Gasteiger partial charge < -0.3 is 14.6 Å². The van der Waals surface area contributed by atoms with Crippen molar-refractivity contribution in [2.24, 2.45) is 0 Å². The number of anilines is 1. The van der Waals surface area contributed by atoms with E-state index in [4.69, 9.17) is 4.74 Å². The first-order valence-electron chi connectivity index (χ1n) is 12.0. The van der Waals surface area contributed by atoms with Crippen molar-refractivity contribution in [3.63, 3.8) is 0 Å². The predicted molar refractivity (Wildman–Crippen MR) is 129 cm³/mol. The Morgan fingerprint density at radius 1 is 0.875 bits per heavy atom. The van der Waals surface area contributed by atoms with Gasteiger partial charge in [-0.05, 0) is 50.3 Å². The maximum absolute atomic E-state index is 11.3. The molecule has 0 amide bonds. The minimum Gasteiger partial charge on any atom is -0.744 e. The van der Waals surface area contributed by atoms with Crippen molar-refractivity contribution < 1.29 is 47.3 Å². The minimum absolute atomic E-state index is 0.